The molecule has 172 valence electrons. The first-order chi connectivity index (χ1) is 16.5. The van der Waals surface area contributed by atoms with Crippen LogP contribution < -0.4 is 5.32 Å². The molecule has 0 atom stereocenters. The van der Waals surface area contributed by atoms with Crippen molar-refractivity contribution in [3.05, 3.63) is 88.6 Å². The van der Waals surface area contributed by atoms with E-state index in [2.05, 4.69) is 20.4 Å². The predicted octanol–water partition coefficient (Wildman–Crippen LogP) is 5.55. The Bertz CT molecular complexity index is 1500. The van der Waals surface area contributed by atoms with Crippen LogP contribution in [0.5, 0.6) is 5.75 Å². The first-order valence-electron chi connectivity index (χ1n) is 10.6. The summed E-state index contributed by atoms with van der Waals surface area (Å²) in [7, 11) is 0. The molecule has 0 aliphatic carbocycles. The van der Waals surface area contributed by atoms with Crippen molar-refractivity contribution in [2.45, 2.75) is 20.4 Å². The zero-order valence-corrected chi connectivity index (χ0v) is 18.4. The summed E-state index contributed by atoms with van der Waals surface area (Å²) in [4.78, 5) is 18.8. The van der Waals surface area contributed by atoms with E-state index in [1.54, 1.807) is 16.9 Å². The number of fused-ring (bicyclic) bond motifs is 2. The van der Waals surface area contributed by atoms with Crippen molar-refractivity contribution in [3.63, 3.8) is 0 Å². The van der Waals surface area contributed by atoms with Gasteiger partial charge in [-0.2, -0.15) is 5.10 Å². The standard InChI is InChI=1S/C22H15FN6O3.C2H6/c23-15-3-1-2-13(6-15)11-28-19-5-4-16(7-14(19)10-26-28)27-22-17-8-20(29(31)32)21(30)9-18(17)24-12-25-22;1-2/h1-10,12,30H,11H2,(H,24,25,27);1-2H3. The van der Waals surface area contributed by atoms with Gasteiger partial charge in [-0.1, -0.05) is 26.0 Å². The number of nitrogens with one attached hydrogen (secondary N) is 1. The van der Waals surface area contributed by atoms with Crippen LogP contribution in [0.2, 0.25) is 0 Å². The Balaban J connectivity index is 0.00000133. The van der Waals surface area contributed by atoms with Crippen LogP contribution in [0.25, 0.3) is 21.8 Å². The topological polar surface area (TPSA) is 119 Å². The molecule has 2 N–H and O–H groups in total. The van der Waals surface area contributed by atoms with Crippen molar-refractivity contribution in [1.82, 2.24) is 19.7 Å². The Morgan fingerprint density at radius 3 is 2.71 bits per heavy atom. The van der Waals surface area contributed by atoms with Gasteiger partial charge in [0, 0.05) is 23.2 Å². The monoisotopic (exact) mass is 460 g/mol. The van der Waals surface area contributed by atoms with Gasteiger partial charge in [-0.15, -0.1) is 0 Å². The molecule has 0 saturated carbocycles. The fourth-order valence-corrected chi connectivity index (χ4v) is 3.56. The number of phenolic OH excluding ortho intramolecular Hbond substituents is 1. The molecule has 0 fully saturated rings. The average Bonchev–Trinajstić information content (AvgIpc) is 3.22. The van der Waals surface area contributed by atoms with Crippen LogP contribution >= 0.6 is 0 Å². The average molecular weight is 460 g/mol. The Kier molecular flexibility index (Phi) is 6.30. The lowest BCUT2D eigenvalue weighted by Crippen LogP contribution is -2.01. The van der Waals surface area contributed by atoms with E-state index in [0.29, 0.717) is 29.0 Å². The van der Waals surface area contributed by atoms with Crippen LogP contribution in [0.1, 0.15) is 19.4 Å². The van der Waals surface area contributed by atoms with Gasteiger partial charge in [0.2, 0.25) is 0 Å². The Morgan fingerprint density at radius 2 is 1.94 bits per heavy atom. The van der Waals surface area contributed by atoms with Crippen molar-refractivity contribution in [2.75, 3.05) is 5.32 Å². The van der Waals surface area contributed by atoms with Crippen LogP contribution in [0.15, 0.2) is 67.1 Å². The molecule has 2 aromatic heterocycles. The Hall–Kier alpha value is -4.60. The maximum absolute atomic E-state index is 13.5. The predicted molar refractivity (Wildman–Crippen MR) is 128 cm³/mol. The van der Waals surface area contributed by atoms with Crippen LogP contribution in [-0.4, -0.2) is 29.8 Å². The van der Waals surface area contributed by atoms with Crippen molar-refractivity contribution in [2.24, 2.45) is 0 Å². The summed E-state index contributed by atoms with van der Waals surface area (Å²) in [6, 6.07) is 14.4. The fraction of sp³-hybridized carbons (Fsp3) is 0.125. The van der Waals surface area contributed by atoms with E-state index in [-0.39, 0.29) is 5.82 Å². The third kappa shape index (κ3) is 4.46. The van der Waals surface area contributed by atoms with Crippen molar-refractivity contribution < 1.29 is 14.4 Å². The maximum Gasteiger partial charge on any atom is 0.311 e. The van der Waals surface area contributed by atoms with Crippen LogP contribution in [0.3, 0.4) is 0 Å². The second kappa shape index (κ2) is 9.49. The van der Waals surface area contributed by atoms with E-state index in [9.17, 15) is 19.6 Å². The SMILES string of the molecule is CC.O=[N+]([O-])c1cc2c(Nc3ccc4c(cnn4Cc4cccc(F)c4)c3)ncnc2cc1O. The summed E-state index contributed by atoms with van der Waals surface area (Å²) >= 11 is 0. The van der Waals surface area contributed by atoms with E-state index in [1.807, 2.05) is 38.1 Å². The van der Waals surface area contributed by atoms with Gasteiger partial charge in [0.05, 0.1) is 34.1 Å². The third-order valence-corrected chi connectivity index (χ3v) is 5.05. The van der Waals surface area contributed by atoms with Gasteiger partial charge in [0.25, 0.3) is 0 Å². The normalized spacial score (nSPS) is 10.7. The number of hydrogen-bond acceptors (Lipinski definition) is 7. The summed E-state index contributed by atoms with van der Waals surface area (Å²) < 4.78 is 15.3. The lowest BCUT2D eigenvalue weighted by molar-refractivity contribution is -0.385. The zero-order valence-electron chi connectivity index (χ0n) is 18.4. The molecule has 3 aromatic carbocycles. The Labute approximate surface area is 193 Å². The molecule has 0 unspecified atom stereocenters. The molecule has 0 aliphatic heterocycles. The van der Waals surface area contributed by atoms with E-state index in [0.717, 1.165) is 16.5 Å². The van der Waals surface area contributed by atoms with Crippen molar-refractivity contribution in [3.8, 4) is 5.75 Å². The molecular formula is C24H21FN6O3. The highest BCUT2D eigenvalue weighted by Crippen LogP contribution is 2.33. The molecule has 0 spiro atoms. The number of aromatic nitrogens is 4. The number of benzene rings is 3. The molecule has 0 bridgehead atoms. The number of phenols is 1. The van der Waals surface area contributed by atoms with Crippen LogP contribution in [0.4, 0.5) is 21.6 Å². The third-order valence-electron chi connectivity index (χ3n) is 5.05. The highest BCUT2D eigenvalue weighted by atomic mass is 19.1. The lowest BCUT2D eigenvalue weighted by atomic mass is 10.2. The van der Waals surface area contributed by atoms with E-state index < -0.39 is 16.4 Å². The molecule has 34 heavy (non-hydrogen) atoms. The molecule has 0 amide bonds. The molecule has 0 saturated heterocycles. The number of nitro groups is 1. The Morgan fingerprint density at radius 1 is 1.12 bits per heavy atom. The molecule has 5 aromatic rings. The molecule has 2 heterocycles. The lowest BCUT2D eigenvalue weighted by Gasteiger charge is -2.09. The summed E-state index contributed by atoms with van der Waals surface area (Å²) in [5, 5.41) is 29.8. The minimum atomic E-state index is -0.662. The highest BCUT2D eigenvalue weighted by molar-refractivity contribution is 5.94. The van der Waals surface area contributed by atoms with Gasteiger partial charge in [0.15, 0.2) is 5.75 Å². The molecule has 0 aliphatic rings. The molecule has 0 radical (unpaired) electrons. The first-order valence-corrected chi connectivity index (χ1v) is 10.6. The van der Waals surface area contributed by atoms with E-state index >= 15 is 0 Å². The second-order valence-electron chi connectivity index (χ2n) is 7.17. The summed E-state index contributed by atoms with van der Waals surface area (Å²) in [6.45, 7) is 4.43. The van der Waals surface area contributed by atoms with Gasteiger partial charge < -0.3 is 10.4 Å². The number of hydrogen-bond donors (Lipinski definition) is 2. The van der Waals surface area contributed by atoms with E-state index in [4.69, 9.17) is 0 Å². The summed E-state index contributed by atoms with van der Waals surface area (Å²) in [5.74, 6) is -0.389. The molecule has 5 rings (SSSR count). The number of aromatic hydroxyl groups is 1. The summed E-state index contributed by atoms with van der Waals surface area (Å²) in [6.07, 6.45) is 3.02. The first kappa shape index (κ1) is 22.6. The minimum Gasteiger partial charge on any atom is -0.502 e. The highest BCUT2D eigenvalue weighted by Gasteiger charge is 2.17. The zero-order chi connectivity index (χ0) is 24.2. The quantitative estimate of drug-likeness (QED) is 0.261. The van der Waals surface area contributed by atoms with Crippen LogP contribution in [0, 0.1) is 15.9 Å². The molecule has 10 heteroatoms. The van der Waals surface area contributed by atoms with Gasteiger partial charge in [-0.25, -0.2) is 14.4 Å². The van der Waals surface area contributed by atoms with Crippen LogP contribution in [-0.2, 0) is 6.54 Å². The number of rotatable bonds is 5. The van der Waals surface area contributed by atoms with Crippen molar-refractivity contribution >= 4 is 39.0 Å². The fourth-order valence-electron chi connectivity index (χ4n) is 3.56. The molecule has 9 nitrogen and oxygen atoms in total. The van der Waals surface area contributed by atoms with Gasteiger partial charge >= 0.3 is 5.69 Å². The number of nitrogens with zero attached hydrogens (tertiary/aromatic N) is 5. The number of anilines is 2. The number of nitro benzene ring substituents is 1. The molecular weight excluding hydrogens is 439 g/mol. The maximum atomic E-state index is 13.5. The van der Waals surface area contributed by atoms with E-state index in [1.165, 1.54) is 30.6 Å². The minimum absolute atomic E-state index is 0.295. The van der Waals surface area contributed by atoms with Gasteiger partial charge in [0.1, 0.15) is 18.0 Å². The smallest absolute Gasteiger partial charge is 0.311 e. The summed E-state index contributed by atoms with van der Waals surface area (Å²) in [5.41, 5.74) is 2.31. The van der Waals surface area contributed by atoms with Gasteiger partial charge in [-0.3, -0.25) is 14.8 Å². The second-order valence-corrected chi connectivity index (χ2v) is 7.17. The van der Waals surface area contributed by atoms with Gasteiger partial charge in [-0.05, 0) is 35.9 Å². The largest absolute Gasteiger partial charge is 0.502 e. The van der Waals surface area contributed by atoms with Crippen molar-refractivity contribution in [1.29, 1.82) is 0 Å². The number of halogens is 1.